The summed E-state index contributed by atoms with van der Waals surface area (Å²) in [6, 6.07) is 22.0. The fraction of sp³-hybridized carbons (Fsp3) is 0.333. The molecule has 0 spiro atoms. The molecule has 0 unspecified atom stereocenters. The van der Waals surface area contributed by atoms with E-state index in [2.05, 4.69) is 5.32 Å². The van der Waals surface area contributed by atoms with E-state index in [-0.39, 0.29) is 30.2 Å². The summed E-state index contributed by atoms with van der Waals surface area (Å²) in [6.07, 6.45) is 1.16. The van der Waals surface area contributed by atoms with Gasteiger partial charge in [-0.1, -0.05) is 78.7 Å². The maximum atomic E-state index is 13.8. The predicted octanol–water partition coefficient (Wildman–Crippen LogP) is 6.79. The Morgan fingerprint density at radius 1 is 0.947 bits per heavy atom. The van der Waals surface area contributed by atoms with Gasteiger partial charge in [-0.05, 0) is 48.7 Å². The van der Waals surface area contributed by atoms with Crippen molar-refractivity contribution in [2.24, 2.45) is 0 Å². The largest absolute Gasteiger partial charge is 0.497 e. The van der Waals surface area contributed by atoms with Crippen molar-refractivity contribution in [3.63, 3.8) is 0 Å². The van der Waals surface area contributed by atoms with Crippen LogP contribution >= 0.6 is 35.0 Å². The SMILES string of the molecule is CC[C@H](C)NC(=O)[C@@H](Cc1ccccc1)N(Cc1c(Cl)cccc1Cl)C(=O)CSCc1ccc(OC)cc1. The van der Waals surface area contributed by atoms with Crippen LogP contribution in [0.4, 0.5) is 0 Å². The molecular weight excluding hydrogens is 539 g/mol. The molecule has 0 fully saturated rings. The van der Waals surface area contributed by atoms with Crippen molar-refractivity contribution in [3.8, 4) is 5.75 Å². The number of carbonyl (C=O) groups excluding carboxylic acids is 2. The van der Waals surface area contributed by atoms with Gasteiger partial charge in [0.05, 0.1) is 12.9 Å². The summed E-state index contributed by atoms with van der Waals surface area (Å²) in [5.41, 5.74) is 2.67. The predicted molar refractivity (Wildman–Crippen MR) is 158 cm³/mol. The van der Waals surface area contributed by atoms with E-state index >= 15 is 0 Å². The summed E-state index contributed by atoms with van der Waals surface area (Å²) in [4.78, 5) is 29.0. The molecule has 2 amide bonds. The Labute approximate surface area is 239 Å². The topological polar surface area (TPSA) is 58.6 Å². The molecule has 0 aromatic heterocycles. The number of amides is 2. The summed E-state index contributed by atoms with van der Waals surface area (Å²) >= 11 is 14.5. The molecule has 202 valence electrons. The number of hydrogen-bond donors (Lipinski definition) is 1. The van der Waals surface area contributed by atoms with Crippen LogP contribution in [0.2, 0.25) is 10.0 Å². The summed E-state index contributed by atoms with van der Waals surface area (Å²) in [7, 11) is 1.63. The number of carbonyl (C=O) groups is 2. The second kappa shape index (κ2) is 15.1. The Morgan fingerprint density at radius 3 is 2.21 bits per heavy atom. The van der Waals surface area contributed by atoms with Gasteiger partial charge in [0.2, 0.25) is 11.8 Å². The first-order chi connectivity index (χ1) is 18.3. The van der Waals surface area contributed by atoms with E-state index in [1.54, 1.807) is 30.2 Å². The first kappa shape index (κ1) is 29.9. The molecule has 3 aromatic rings. The van der Waals surface area contributed by atoms with Crippen LogP contribution in [-0.2, 0) is 28.3 Å². The van der Waals surface area contributed by atoms with Gasteiger partial charge in [0.1, 0.15) is 11.8 Å². The summed E-state index contributed by atoms with van der Waals surface area (Å²) in [6.45, 7) is 4.10. The maximum absolute atomic E-state index is 13.8. The number of nitrogens with zero attached hydrogens (tertiary/aromatic N) is 1. The number of methoxy groups -OCH3 is 1. The second-order valence-electron chi connectivity index (χ2n) is 9.09. The molecule has 0 bridgehead atoms. The molecule has 0 aliphatic rings. The Morgan fingerprint density at radius 2 is 1.61 bits per heavy atom. The normalized spacial score (nSPS) is 12.4. The maximum Gasteiger partial charge on any atom is 0.243 e. The Balaban J connectivity index is 1.88. The zero-order chi connectivity index (χ0) is 27.5. The highest BCUT2D eigenvalue weighted by Crippen LogP contribution is 2.28. The molecule has 0 aliphatic heterocycles. The fourth-order valence-electron chi connectivity index (χ4n) is 3.91. The monoisotopic (exact) mass is 572 g/mol. The van der Waals surface area contributed by atoms with Gasteiger partial charge in [-0.3, -0.25) is 9.59 Å². The van der Waals surface area contributed by atoms with Gasteiger partial charge in [-0.25, -0.2) is 0 Å². The molecule has 0 saturated carbocycles. The van der Waals surface area contributed by atoms with E-state index in [0.29, 0.717) is 27.8 Å². The van der Waals surface area contributed by atoms with Crippen molar-refractivity contribution in [1.82, 2.24) is 10.2 Å². The lowest BCUT2D eigenvalue weighted by atomic mass is 10.0. The van der Waals surface area contributed by atoms with Crippen LogP contribution in [0.25, 0.3) is 0 Å². The average Bonchev–Trinajstić information content (AvgIpc) is 2.92. The summed E-state index contributed by atoms with van der Waals surface area (Å²) < 4.78 is 5.23. The van der Waals surface area contributed by atoms with E-state index in [9.17, 15) is 9.59 Å². The molecule has 0 heterocycles. The molecule has 0 saturated heterocycles. The average molecular weight is 574 g/mol. The summed E-state index contributed by atoms with van der Waals surface area (Å²) in [5.74, 6) is 1.29. The van der Waals surface area contributed by atoms with Gasteiger partial charge >= 0.3 is 0 Å². The zero-order valence-corrected chi connectivity index (χ0v) is 24.3. The number of halogens is 2. The molecule has 1 N–H and O–H groups in total. The smallest absolute Gasteiger partial charge is 0.243 e. The Bertz CT molecular complexity index is 1170. The first-order valence-electron chi connectivity index (χ1n) is 12.6. The van der Waals surface area contributed by atoms with Crippen molar-refractivity contribution >= 4 is 46.8 Å². The molecule has 2 atom stereocenters. The quantitative estimate of drug-likeness (QED) is 0.245. The molecule has 5 nitrogen and oxygen atoms in total. The van der Waals surface area contributed by atoms with Crippen LogP contribution in [0.3, 0.4) is 0 Å². The minimum atomic E-state index is -0.729. The van der Waals surface area contributed by atoms with Gasteiger partial charge in [0.25, 0.3) is 0 Å². The number of thioether (sulfide) groups is 1. The number of rotatable bonds is 13. The van der Waals surface area contributed by atoms with Gasteiger partial charge in [-0.15, -0.1) is 11.8 Å². The van der Waals surface area contributed by atoms with Crippen LogP contribution in [0.1, 0.15) is 37.0 Å². The van der Waals surface area contributed by atoms with Gasteiger partial charge in [-0.2, -0.15) is 0 Å². The van der Waals surface area contributed by atoms with Gasteiger partial charge in [0.15, 0.2) is 0 Å². The van der Waals surface area contributed by atoms with Crippen molar-refractivity contribution in [1.29, 1.82) is 0 Å². The van der Waals surface area contributed by atoms with Crippen LogP contribution < -0.4 is 10.1 Å². The second-order valence-corrected chi connectivity index (χ2v) is 10.9. The lowest BCUT2D eigenvalue weighted by Gasteiger charge is -2.32. The van der Waals surface area contributed by atoms with Crippen LogP contribution in [0.5, 0.6) is 5.75 Å². The first-order valence-corrected chi connectivity index (χ1v) is 14.5. The lowest BCUT2D eigenvalue weighted by Crippen LogP contribution is -2.52. The number of ether oxygens (including phenoxy) is 1. The third-order valence-electron chi connectivity index (χ3n) is 6.32. The standard InChI is InChI=1S/C30H34Cl2N2O3S/c1-4-21(2)33-30(36)28(17-22-9-6-5-7-10-22)34(18-25-26(31)11-8-12-27(25)32)29(35)20-38-19-23-13-15-24(37-3)16-14-23/h5-16,21,28H,4,17-20H2,1-3H3,(H,33,36)/t21-,28+/m0/s1. The third-order valence-corrected chi connectivity index (χ3v) is 8.01. The molecule has 3 rings (SSSR count). The molecule has 38 heavy (non-hydrogen) atoms. The molecule has 3 aromatic carbocycles. The van der Waals surface area contributed by atoms with Crippen molar-refractivity contribution in [3.05, 3.63) is 99.5 Å². The number of nitrogens with one attached hydrogen (secondary N) is 1. The summed E-state index contributed by atoms with van der Waals surface area (Å²) in [5, 5.41) is 4.00. The van der Waals surface area contributed by atoms with E-state index in [1.165, 1.54) is 11.8 Å². The van der Waals surface area contributed by atoms with E-state index in [4.69, 9.17) is 27.9 Å². The zero-order valence-electron chi connectivity index (χ0n) is 22.0. The highest BCUT2D eigenvalue weighted by molar-refractivity contribution is 7.99. The van der Waals surface area contributed by atoms with E-state index in [0.717, 1.165) is 23.3 Å². The lowest BCUT2D eigenvalue weighted by molar-refractivity contribution is -0.139. The van der Waals surface area contributed by atoms with E-state index in [1.807, 2.05) is 68.4 Å². The third kappa shape index (κ3) is 8.69. The van der Waals surface area contributed by atoms with Crippen LogP contribution in [0.15, 0.2) is 72.8 Å². The number of benzene rings is 3. The van der Waals surface area contributed by atoms with Gasteiger partial charge < -0.3 is 15.0 Å². The minimum absolute atomic E-state index is 0.0222. The Kier molecular flexibility index (Phi) is 11.8. The van der Waals surface area contributed by atoms with Crippen molar-refractivity contribution < 1.29 is 14.3 Å². The van der Waals surface area contributed by atoms with Crippen LogP contribution in [-0.4, -0.2) is 41.7 Å². The minimum Gasteiger partial charge on any atom is -0.497 e. The van der Waals surface area contributed by atoms with E-state index < -0.39 is 6.04 Å². The highest BCUT2D eigenvalue weighted by atomic mass is 35.5. The Hall–Kier alpha value is -2.67. The van der Waals surface area contributed by atoms with Crippen molar-refractivity contribution in [2.45, 2.75) is 51.1 Å². The molecule has 0 radical (unpaired) electrons. The highest BCUT2D eigenvalue weighted by Gasteiger charge is 2.31. The molecule has 8 heteroatoms. The molecule has 0 aliphatic carbocycles. The number of hydrogen-bond acceptors (Lipinski definition) is 4. The molecular formula is C30H34Cl2N2O3S. The van der Waals surface area contributed by atoms with Crippen molar-refractivity contribution in [2.75, 3.05) is 12.9 Å². The van der Waals surface area contributed by atoms with Crippen LogP contribution in [0, 0.1) is 0 Å². The fourth-order valence-corrected chi connectivity index (χ4v) is 5.30. The van der Waals surface area contributed by atoms with Gasteiger partial charge in [0, 0.05) is 40.4 Å².